The Morgan fingerprint density at radius 1 is 1.46 bits per heavy atom. The predicted molar refractivity (Wildman–Crippen MR) is 95.4 cm³/mol. The van der Waals surface area contributed by atoms with Crippen LogP contribution in [0.15, 0.2) is 24.3 Å². The van der Waals surface area contributed by atoms with Crippen LogP contribution in [0.25, 0.3) is 0 Å². The standard InChI is InChI=1S/C19H30N2O3/c1-14(22)15-8-10-21(13-15)18(23)20-9-11-24-17-7-5-6-16(12-17)19(2,3)4/h5-7,12,14-15,22H,8-11,13H2,1-4H3,(H,20,23). The van der Waals surface area contributed by atoms with Gasteiger partial charge in [-0.25, -0.2) is 4.79 Å². The van der Waals surface area contributed by atoms with E-state index in [0.717, 1.165) is 12.2 Å². The normalized spacial score (nSPS) is 19.2. The summed E-state index contributed by atoms with van der Waals surface area (Å²) in [4.78, 5) is 13.8. The summed E-state index contributed by atoms with van der Waals surface area (Å²) in [5, 5.41) is 12.5. The number of amides is 2. The number of ether oxygens (including phenoxy) is 1. The number of rotatable bonds is 5. The Balaban J connectivity index is 1.73. The third kappa shape index (κ3) is 5.13. The zero-order valence-corrected chi connectivity index (χ0v) is 15.2. The van der Waals surface area contributed by atoms with Crippen LogP contribution >= 0.6 is 0 Å². The molecule has 1 fully saturated rings. The van der Waals surface area contributed by atoms with E-state index >= 15 is 0 Å². The molecule has 2 unspecified atom stereocenters. The van der Waals surface area contributed by atoms with Crippen LogP contribution in [0, 0.1) is 5.92 Å². The van der Waals surface area contributed by atoms with Crippen molar-refractivity contribution < 1.29 is 14.6 Å². The van der Waals surface area contributed by atoms with Gasteiger partial charge in [-0.2, -0.15) is 0 Å². The smallest absolute Gasteiger partial charge is 0.317 e. The van der Waals surface area contributed by atoms with Gasteiger partial charge in [0.15, 0.2) is 0 Å². The second-order valence-corrected chi connectivity index (χ2v) is 7.59. The summed E-state index contributed by atoms with van der Waals surface area (Å²) in [7, 11) is 0. The average molecular weight is 334 g/mol. The molecule has 0 spiro atoms. The molecule has 1 aromatic rings. The van der Waals surface area contributed by atoms with E-state index in [-0.39, 0.29) is 23.5 Å². The first-order chi connectivity index (χ1) is 11.3. The number of hydrogen-bond donors (Lipinski definition) is 2. The molecule has 24 heavy (non-hydrogen) atoms. The highest BCUT2D eigenvalue weighted by Gasteiger charge is 2.28. The fraction of sp³-hybridized carbons (Fsp3) is 0.632. The highest BCUT2D eigenvalue weighted by Crippen LogP contribution is 2.25. The fourth-order valence-electron chi connectivity index (χ4n) is 2.86. The van der Waals surface area contributed by atoms with Crippen molar-refractivity contribution in [1.82, 2.24) is 10.2 Å². The topological polar surface area (TPSA) is 61.8 Å². The number of nitrogens with zero attached hydrogens (tertiary/aromatic N) is 1. The van der Waals surface area contributed by atoms with Crippen molar-refractivity contribution in [3.63, 3.8) is 0 Å². The van der Waals surface area contributed by atoms with Gasteiger partial charge in [-0.1, -0.05) is 32.9 Å². The maximum absolute atomic E-state index is 12.1. The Morgan fingerprint density at radius 3 is 2.83 bits per heavy atom. The van der Waals surface area contributed by atoms with E-state index in [4.69, 9.17) is 4.74 Å². The fourth-order valence-corrected chi connectivity index (χ4v) is 2.86. The van der Waals surface area contributed by atoms with Crippen LogP contribution in [0.1, 0.15) is 39.7 Å². The molecule has 1 aliphatic heterocycles. The van der Waals surface area contributed by atoms with E-state index in [1.807, 2.05) is 12.1 Å². The molecule has 0 radical (unpaired) electrons. The minimum atomic E-state index is -0.360. The second kappa shape index (κ2) is 7.88. The monoisotopic (exact) mass is 334 g/mol. The van der Waals surface area contributed by atoms with Crippen molar-refractivity contribution in [2.75, 3.05) is 26.2 Å². The maximum atomic E-state index is 12.1. The van der Waals surface area contributed by atoms with Gasteiger partial charge >= 0.3 is 6.03 Å². The lowest BCUT2D eigenvalue weighted by atomic mass is 9.87. The highest BCUT2D eigenvalue weighted by molar-refractivity contribution is 5.74. The molecule has 2 atom stereocenters. The summed E-state index contributed by atoms with van der Waals surface area (Å²) in [6.07, 6.45) is 0.502. The number of carbonyl (C=O) groups is 1. The van der Waals surface area contributed by atoms with Crippen molar-refractivity contribution >= 4 is 6.03 Å². The third-order valence-corrected chi connectivity index (χ3v) is 4.54. The van der Waals surface area contributed by atoms with Crippen LogP contribution in [0.2, 0.25) is 0 Å². The molecule has 0 saturated carbocycles. The Bertz CT molecular complexity index is 552. The molecule has 1 saturated heterocycles. The summed E-state index contributed by atoms with van der Waals surface area (Å²) >= 11 is 0. The summed E-state index contributed by atoms with van der Waals surface area (Å²) in [5.41, 5.74) is 1.31. The van der Waals surface area contributed by atoms with Gasteiger partial charge in [0.1, 0.15) is 12.4 Å². The molecule has 1 aromatic carbocycles. The van der Waals surface area contributed by atoms with Gasteiger partial charge in [0.2, 0.25) is 0 Å². The molecule has 5 nitrogen and oxygen atoms in total. The van der Waals surface area contributed by atoms with Crippen molar-refractivity contribution in [3.05, 3.63) is 29.8 Å². The number of aliphatic hydroxyl groups is 1. The highest BCUT2D eigenvalue weighted by atomic mass is 16.5. The molecule has 1 aliphatic rings. The molecular weight excluding hydrogens is 304 g/mol. The summed E-state index contributed by atoms with van der Waals surface area (Å²) in [5.74, 6) is 1.01. The zero-order chi connectivity index (χ0) is 17.7. The quantitative estimate of drug-likeness (QED) is 0.814. The molecule has 1 heterocycles. The number of carbonyl (C=O) groups excluding carboxylic acids is 1. The number of hydrogen-bond acceptors (Lipinski definition) is 3. The van der Waals surface area contributed by atoms with Crippen molar-refractivity contribution in [3.8, 4) is 5.75 Å². The van der Waals surface area contributed by atoms with Gasteiger partial charge < -0.3 is 20.1 Å². The lowest BCUT2D eigenvalue weighted by Gasteiger charge is -2.20. The minimum absolute atomic E-state index is 0.0785. The van der Waals surface area contributed by atoms with Gasteiger partial charge in [-0.15, -0.1) is 0 Å². The van der Waals surface area contributed by atoms with Gasteiger partial charge in [0, 0.05) is 19.0 Å². The number of aliphatic hydroxyl groups excluding tert-OH is 1. The van der Waals surface area contributed by atoms with E-state index < -0.39 is 0 Å². The Labute approximate surface area is 145 Å². The summed E-state index contributed by atoms with van der Waals surface area (Å²) < 4.78 is 5.74. The molecule has 2 rings (SSSR count). The molecule has 0 aliphatic carbocycles. The molecular formula is C19H30N2O3. The minimum Gasteiger partial charge on any atom is -0.492 e. The van der Waals surface area contributed by atoms with Gasteiger partial charge in [-0.3, -0.25) is 0 Å². The van der Waals surface area contributed by atoms with Crippen LogP contribution in [0.5, 0.6) is 5.75 Å². The predicted octanol–water partition coefficient (Wildman–Crippen LogP) is 2.78. The van der Waals surface area contributed by atoms with E-state index in [0.29, 0.717) is 26.2 Å². The molecule has 5 heteroatoms. The van der Waals surface area contributed by atoms with Gasteiger partial charge in [-0.05, 0) is 36.5 Å². The molecule has 2 amide bonds. The first-order valence-electron chi connectivity index (χ1n) is 8.71. The summed E-state index contributed by atoms with van der Waals surface area (Å²) in [6, 6.07) is 8.00. The summed E-state index contributed by atoms with van der Waals surface area (Å²) in [6.45, 7) is 10.5. The molecule has 134 valence electrons. The van der Waals surface area contributed by atoms with E-state index in [1.165, 1.54) is 5.56 Å². The van der Waals surface area contributed by atoms with Crippen LogP contribution in [0.4, 0.5) is 4.79 Å². The molecule has 2 N–H and O–H groups in total. The average Bonchev–Trinajstić information content (AvgIpc) is 3.01. The first kappa shape index (κ1) is 18.6. The Morgan fingerprint density at radius 2 is 2.21 bits per heavy atom. The lowest BCUT2D eigenvalue weighted by Crippen LogP contribution is -2.40. The third-order valence-electron chi connectivity index (χ3n) is 4.54. The van der Waals surface area contributed by atoms with Gasteiger partial charge in [0.05, 0.1) is 12.6 Å². The first-order valence-corrected chi connectivity index (χ1v) is 8.71. The van der Waals surface area contributed by atoms with Gasteiger partial charge in [0.25, 0.3) is 0 Å². The van der Waals surface area contributed by atoms with E-state index in [9.17, 15) is 9.90 Å². The maximum Gasteiger partial charge on any atom is 0.317 e. The van der Waals surface area contributed by atoms with E-state index in [2.05, 4.69) is 38.2 Å². The van der Waals surface area contributed by atoms with E-state index in [1.54, 1.807) is 11.8 Å². The number of urea groups is 1. The Kier molecular flexibility index (Phi) is 6.10. The van der Waals surface area contributed by atoms with Crippen LogP contribution < -0.4 is 10.1 Å². The number of likely N-dealkylation sites (tertiary alicyclic amines) is 1. The molecule has 0 bridgehead atoms. The SMILES string of the molecule is CC(O)C1CCN(C(=O)NCCOc2cccc(C(C)(C)C)c2)C1. The van der Waals surface area contributed by atoms with Crippen molar-refractivity contribution in [1.29, 1.82) is 0 Å². The van der Waals surface area contributed by atoms with Crippen molar-refractivity contribution in [2.45, 2.75) is 45.6 Å². The lowest BCUT2D eigenvalue weighted by molar-refractivity contribution is 0.129. The van der Waals surface area contributed by atoms with Crippen molar-refractivity contribution in [2.24, 2.45) is 5.92 Å². The second-order valence-electron chi connectivity index (χ2n) is 7.59. The van der Waals surface area contributed by atoms with Crippen LogP contribution in [0.3, 0.4) is 0 Å². The van der Waals surface area contributed by atoms with Crippen LogP contribution in [-0.2, 0) is 5.41 Å². The Hall–Kier alpha value is -1.75. The number of benzene rings is 1. The number of nitrogens with one attached hydrogen (secondary N) is 1. The van der Waals surface area contributed by atoms with Crippen LogP contribution in [-0.4, -0.2) is 48.4 Å². The zero-order valence-electron chi connectivity index (χ0n) is 15.2. The molecule has 0 aromatic heterocycles. The largest absolute Gasteiger partial charge is 0.492 e.